The summed E-state index contributed by atoms with van der Waals surface area (Å²) in [5.74, 6) is 0.251. The van der Waals surface area contributed by atoms with Crippen LogP contribution in [0.3, 0.4) is 0 Å². The SMILES string of the molecule is C=C/C=C\C=C(/C)CCC1=C(C(F)(F)F)CN=C(Nc2ccc3c(c2)CCC(=O)N3)N1. The number of benzene rings is 1. The van der Waals surface area contributed by atoms with Gasteiger partial charge in [0.2, 0.25) is 5.91 Å². The second-order valence-corrected chi connectivity index (χ2v) is 7.42. The smallest absolute Gasteiger partial charge is 0.329 e. The first-order valence-corrected chi connectivity index (χ1v) is 10.0. The van der Waals surface area contributed by atoms with Crippen LogP contribution in [0.5, 0.6) is 0 Å². The molecule has 8 heteroatoms. The van der Waals surface area contributed by atoms with E-state index < -0.39 is 18.3 Å². The lowest BCUT2D eigenvalue weighted by atomic mass is 10.0. The van der Waals surface area contributed by atoms with Crippen LogP contribution < -0.4 is 16.0 Å². The molecule has 0 bridgehead atoms. The van der Waals surface area contributed by atoms with Gasteiger partial charge in [-0.3, -0.25) is 4.79 Å². The van der Waals surface area contributed by atoms with Gasteiger partial charge in [-0.2, -0.15) is 13.2 Å². The summed E-state index contributed by atoms with van der Waals surface area (Å²) in [6.07, 6.45) is 4.35. The maximum atomic E-state index is 13.5. The quantitative estimate of drug-likeness (QED) is 0.542. The number of halogens is 3. The highest BCUT2D eigenvalue weighted by Gasteiger charge is 2.37. The molecule has 1 amide bonds. The number of allylic oxidation sites excluding steroid dienone is 6. The predicted molar refractivity (Wildman–Crippen MR) is 118 cm³/mol. The van der Waals surface area contributed by atoms with Gasteiger partial charge in [0.25, 0.3) is 0 Å². The van der Waals surface area contributed by atoms with Crippen molar-refractivity contribution in [3.8, 4) is 0 Å². The summed E-state index contributed by atoms with van der Waals surface area (Å²) in [7, 11) is 0. The number of aryl methyl sites for hydroxylation is 1. The minimum Gasteiger partial charge on any atom is -0.329 e. The number of hydrogen-bond donors (Lipinski definition) is 3. The topological polar surface area (TPSA) is 65.5 Å². The van der Waals surface area contributed by atoms with Gasteiger partial charge >= 0.3 is 6.18 Å². The molecule has 0 fully saturated rings. The summed E-state index contributed by atoms with van der Waals surface area (Å²) in [6, 6.07) is 5.41. The fraction of sp³-hybridized carbons (Fsp3) is 0.304. The molecule has 2 aliphatic rings. The number of hydrogen-bond acceptors (Lipinski definition) is 4. The maximum Gasteiger partial charge on any atom is 0.416 e. The van der Waals surface area contributed by atoms with Crippen LogP contribution in [-0.2, 0) is 11.2 Å². The van der Waals surface area contributed by atoms with Gasteiger partial charge < -0.3 is 16.0 Å². The van der Waals surface area contributed by atoms with E-state index in [0.717, 1.165) is 16.8 Å². The van der Waals surface area contributed by atoms with E-state index in [2.05, 4.69) is 27.5 Å². The summed E-state index contributed by atoms with van der Waals surface area (Å²) < 4.78 is 40.4. The van der Waals surface area contributed by atoms with E-state index in [1.807, 2.05) is 25.1 Å². The summed E-state index contributed by atoms with van der Waals surface area (Å²) in [5.41, 5.74) is 2.86. The van der Waals surface area contributed by atoms with Crippen molar-refractivity contribution < 1.29 is 18.0 Å². The van der Waals surface area contributed by atoms with Crippen molar-refractivity contribution in [2.24, 2.45) is 4.99 Å². The van der Waals surface area contributed by atoms with E-state index in [4.69, 9.17) is 0 Å². The van der Waals surface area contributed by atoms with Crippen LogP contribution in [0, 0.1) is 0 Å². The van der Waals surface area contributed by atoms with Gasteiger partial charge in [0, 0.05) is 23.5 Å². The number of alkyl halides is 3. The minimum atomic E-state index is -4.44. The average Bonchev–Trinajstić information content (AvgIpc) is 2.72. The fourth-order valence-corrected chi connectivity index (χ4v) is 3.36. The van der Waals surface area contributed by atoms with Gasteiger partial charge in [-0.25, -0.2) is 4.99 Å². The Labute approximate surface area is 179 Å². The fourth-order valence-electron chi connectivity index (χ4n) is 3.36. The molecule has 2 heterocycles. The number of carbonyl (C=O) groups excluding carboxylic acids is 1. The van der Waals surface area contributed by atoms with Crippen LogP contribution in [0.15, 0.2) is 70.9 Å². The lowest BCUT2D eigenvalue weighted by molar-refractivity contribution is -0.116. The van der Waals surface area contributed by atoms with Crippen molar-refractivity contribution in [1.29, 1.82) is 0 Å². The molecule has 1 aromatic rings. The zero-order chi connectivity index (χ0) is 22.4. The number of fused-ring (bicyclic) bond motifs is 1. The van der Waals surface area contributed by atoms with Crippen molar-refractivity contribution in [3.05, 3.63) is 71.5 Å². The number of nitrogens with zero attached hydrogens (tertiary/aromatic N) is 1. The van der Waals surface area contributed by atoms with Crippen molar-refractivity contribution in [1.82, 2.24) is 5.32 Å². The maximum absolute atomic E-state index is 13.5. The third-order valence-corrected chi connectivity index (χ3v) is 5.03. The Bertz CT molecular complexity index is 987. The standard InChI is InChI=1S/C23H25F3N4O/c1-3-4-5-6-15(2)7-10-20-18(23(24,25)26)14-27-22(30-20)28-17-9-11-19-16(13-17)8-12-21(31)29-19/h3-6,9,11,13H,1,7-8,10,12,14H2,2H3,(H,29,31)(H2,27,28,30)/b5-4-,15-6+. The van der Waals surface area contributed by atoms with Gasteiger partial charge in [0.15, 0.2) is 5.96 Å². The van der Waals surface area contributed by atoms with Crippen molar-refractivity contribution in [2.45, 2.75) is 38.8 Å². The molecule has 31 heavy (non-hydrogen) atoms. The van der Waals surface area contributed by atoms with Gasteiger partial charge in [-0.05, 0) is 49.9 Å². The molecule has 0 unspecified atom stereocenters. The minimum absolute atomic E-state index is 0.0229. The molecular weight excluding hydrogens is 405 g/mol. The molecule has 0 spiro atoms. The van der Waals surface area contributed by atoms with Gasteiger partial charge in [0.05, 0.1) is 12.1 Å². The van der Waals surface area contributed by atoms with Crippen LogP contribution >= 0.6 is 0 Å². The van der Waals surface area contributed by atoms with Gasteiger partial charge in [0.1, 0.15) is 0 Å². The monoisotopic (exact) mass is 430 g/mol. The number of amides is 1. The molecule has 0 atom stereocenters. The Kier molecular flexibility index (Phi) is 6.99. The molecule has 1 aromatic carbocycles. The van der Waals surface area contributed by atoms with Crippen molar-refractivity contribution in [2.75, 3.05) is 17.2 Å². The highest BCUT2D eigenvalue weighted by Crippen LogP contribution is 2.32. The zero-order valence-electron chi connectivity index (χ0n) is 17.3. The molecule has 2 aliphatic heterocycles. The van der Waals surface area contributed by atoms with Crippen LogP contribution in [-0.4, -0.2) is 24.6 Å². The molecule has 164 valence electrons. The third kappa shape index (κ3) is 6.10. The van der Waals surface area contributed by atoms with Crippen LogP contribution in [0.1, 0.15) is 31.7 Å². The Morgan fingerprint density at radius 3 is 2.81 bits per heavy atom. The van der Waals surface area contributed by atoms with Crippen LogP contribution in [0.25, 0.3) is 0 Å². The van der Waals surface area contributed by atoms with Gasteiger partial charge in [-0.1, -0.05) is 36.5 Å². The molecule has 0 saturated carbocycles. The largest absolute Gasteiger partial charge is 0.416 e. The lowest BCUT2D eigenvalue weighted by Crippen LogP contribution is -2.37. The Hall–Kier alpha value is -3.29. The van der Waals surface area contributed by atoms with Crippen molar-refractivity contribution in [3.63, 3.8) is 0 Å². The molecule has 0 aromatic heterocycles. The second-order valence-electron chi connectivity index (χ2n) is 7.42. The van der Waals surface area contributed by atoms with E-state index >= 15 is 0 Å². The molecule has 5 nitrogen and oxygen atoms in total. The third-order valence-electron chi connectivity index (χ3n) is 5.03. The number of aliphatic imine (C=N–C) groups is 1. The molecular formula is C23H25F3N4O. The Morgan fingerprint density at radius 1 is 1.26 bits per heavy atom. The number of guanidine groups is 1. The van der Waals surface area contributed by atoms with Crippen LogP contribution in [0.4, 0.5) is 24.5 Å². The Balaban J connectivity index is 1.71. The zero-order valence-corrected chi connectivity index (χ0v) is 17.3. The number of nitrogens with one attached hydrogen (secondary N) is 3. The molecule has 0 radical (unpaired) electrons. The van der Waals surface area contributed by atoms with E-state index in [-0.39, 0.29) is 24.0 Å². The van der Waals surface area contributed by atoms with Gasteiger partial charge in [-0.15, -0.1) is 0 Å². The second kappa shape index (κ2) is 9.68. The highest BCUT2D eigenvalue weighted by molar-refractivity contribution is 5.97. The number of carbonyl (C=O) groups is 1. The first-order chi connectivity index (χ1) is 14.8. The Morgan fingerprint density at radius 2 is 2.06 bits per heavy atom. The normalized spacial score (nSPS) is 17.1. The molecule has 0 saturated heterocycles. The lowest BCUT2D eigenvalue weighted by Gasteiger charge is -2.25. The highest BCUT2D eigenvalue weighted by atomic mass is 19.4. The van der Waals surface area contributed by atoms with Crippen molar-refractivity contribution >= 4 is 23.2 Å². The molecule has 3 N–H and O–H groups in total. The van der Waals surface area contributed by atoms with E-state index in [1.54, 1.807) is 24.3 Å². The molecule has 0 aliphatic carbocycles. The summed E-state index contributed by atoms with van der Waals surface area (Å²) >= 11 is 0. The van der Waals surface area contributed by atoms with E-state index in [1.165, 1.54) is 0 Å². The van der Waals surface area contributed by atoms with E-state index in [0.29, 0.717) is 24.9 Å². The number of rotatable bonds is 6. The summed E-state index contributed by atoms with van der Waals surface area (Å²) in [5, 5.41) is 8.70. The first kappa shape index (κ1) is 22.4. The first-order valence-electron chi connectivity index (χ1n) is 10.0. The summed E-state index contributed by atoms with van der Waals surface area (Å²) in [4.78, 5) is 15.5. The van der Waals surface area contributed by atoms with E-state index in [9.17, 15) is 18.0 Å². The van der Waals surface area contributed by atoms with Crippen LogP contribution in [0.2, 0.25) is 0 Å². The summed E-state index contributed by atoms with van der Waals surface area (Å²) in [6.45, 7) is 5.03. The predicted octanol–water partition coefficient (Wildman–Crippen LogP) is 5.23. The molecule has 3 rings (SSSR count). The average molecular weight is 430 g/mol. The number of anilines is 2.